The van der Waals surface area contributed by atoms with E-state index in [4.69, 9.17) is 5.11 Å². The van der Waals surface area contributed by atoms with Crippen LogP contribution in [0.25, 0.3) is 21.5 Å². The Morgan fingerprint density at radius 2 is 2.30 bits per heavy atom. The summed E-state index contributed by atoms with van der Waals surface area (Å²) >= 11 is 1.10. The summed E-state index contributed by atoms with van der Waals surface area (Å²) in [5.74, 6) is -1.00. The number of benzene rings is 1. The number of fused-ring (bicyclic) bond motifs is 1. The number of hydrogen-bond donors (Lipinski definition) is 1. The predicted molar refractivity (Wildman–Crippen MR) is 85.4 cm³/mol. The van der Waals surface area contributed by atoms with Crippen LogP contribution in [0.3, 0.4) is 0 Å². The van der Waals surface area contributed by atoms with Crippen LogP contribution in [0, 0.1) is 18.3 Å². The minimum atomic E-state index is -1.00. The Hall–Kier alpha value is -2.72. The number of nitrogens with zero attached hydrogens (tertiary/aromatic N) is 3. The van der Waals surface area contributed by atoms with E-state index in [1.54, 1.807) is 29.8 Å². The number of alkyl halides is 1. The van der Waals surface area contributed by atoms with Crippen molar-refractivity contribution < 1.29 is 14.3 Å². The zero-order valence-corrected chi connectivity index (χ0v) is 13.0. The molecule has 0 aliphatic rings. The normalized spacial score (nSPS) is 10.8. The maximum Gasteiger partial charge on any atom is 0.347 e. The quantitative estimate of drug-likeness (QED) is 0.793. The van der Waals surface area contributed by atoms with Gasteiger partial charge in [-0.3, -0.25) is 0 Å². The molecule has 0 spiro atoms. The zero-order chi connectivity index (χ0) is 16.6. The number of carbonyl (C=O) groups is 1. The van der Waals surface area contributed by atoms with Crippen LogP contribution in [-0.4, -0.2) is 27.3 Å². The predicted octanol–water partition coefficient (Wildman–Crippen LogP) is 3.61. The molecule has 2 heterocycles. The summed E-state index contributed by atoms with van der Waals surface area (Å²) in [7, 11) is 0. The van der Waals surface area contributed by atoms with Gasteiger partial charge in [-0.2, -0.15) is 5.26 Å². The fourth-order valence-electron chi connectivity index (χ4n) is 2.51. The first-order valence-corrected chi connectivity index (χ1v) is 7.67. The lowest BCUT2D eigenvalue weighted by molar-refractivity contribution is 0.0701. The van der Waals surface area contributed by atoms with Gasteiger partial charge in [0.15, 0.2) is 0 Å². The van der Waals surface area contributed by atoms with E-state index in [0.29, 0.717) is 21.7 Å². The van der Waals surface area contributed by atoms with Crippen molar-refractivity contribution in [2.45, 2.75) is 13.5 Å². The standard InChI is InChI=1S/C16H12FN3O2S/c1-9-14(16(21)22)23-15(19-9)10-2-3-13-12(6-10)11(7-18)8-20(13)5-4-17/h2-3,6,8H,4-5H2,1H3,(H,21,22). The molecule has 2 aromatic heterocycles. The third kappa shape index (κ3) is 2.58. The highest BCUT2D eigenvalue weighted by Gasteiger charge is 2.16. The van der Waals surface area contributed by atoms with Crippen molar-refractivity contribution in [1.29, 1.82) is 5.26 Å². The number of aryl methyl sites for hydroxylation is 2. The van der Waals surface area contributed by atoms with E-state index in [1.807, 2.05) is 6.07 Å². The van der Waals surface area contributed by atoms with Gasteiger partial charge in [0.2, 0.25) is 0 Å². The van der Waals surface area contributed by atoms with Crippen LogP contribution in [0.5, 0.6) is 0 Å². The largest absolute Gasteiger partial charge is 0.477 e. The molecule has 0 unspecified atom stereocenters. The molecule has 0 fully saturated rings. The fraction of sp³-hybridized carbons (Fsp3) is 0.188. The Morgan fingerprint density at radius 1 is 1.52 bits per heavy atom. The summed E-state index contributed by atoms with van der Waals surface area (Å²) < 4.78 is 14.3. The number of rotatable bonds is 4. The van der Waals surface area contributed by atoms with E-state index in [1.165, 1.54) is 0 Å². The molecule has 0 radical (unpaired) electrons. The van der Waals surface area contributed by atoms with Gasteiger partial charge in [0.1, 0.15) is 22.6 Å². The molecule has 5 nitrogen and oxygen atoms in total. The Labute approximate surface area is 135 Å². The third-order valence-electron chi connectivity index (χ3n) is 3.56. The van der Waals surface area contributed by atoms with Crippen molar-refractivity contribution >= 4 is 28.2 Å². The average molecular weight is 329 g/mol. The van der Waals surface area contributed by atoms with E-state index < -0.39 is 12.6 Å². The fourth-order valence-corrected chi connectivity index (χ4v) is 3.42. The molecule has 1 aromatic carbocycles. The number of aromatic nitrogens is 2. The molecular weight excluding hydrogens is 317 g/mol. The number of carboxylic acids is 1. The van der Waals surface area contributed by atoms with E-state index in [0.717, 1.165) is 22.4 Å². The zero-order valence-electron chi connectivity index (χ0n) is 12.2. The van der Waals surface area contributed by atoms with Gasteiger partial charge in [-0.1, -0.05) is 0 Å². The highest BCUT2D eigenvalue weighted by molar-refractivity contribution is 7.17. The Balaban J connectivity index is 2.15. The highest BCUT2D eigenvalue weighted by atomic mass is 32.1. The molecule has 0 amide bonds. The van der Waals surface area contributed by atoms with Crippen molar-refractivity contribution in [2.24, 2.45) is 0 Å². The summed E-state index contributed by atoms with van der Waals surface area (Å²) in [6.07, 6.45) is 1.63. The number of carboxylic acid groups (broad SMARTS) is 1. The average Bonchev–Trinajstić information content (AvgIpc) is 3.08. The molecule has 3 aromatic rings. The van der Waals surface area contributed by atoms with E-state index in [-0.39, 0.29) is 11.4 Å². The highest BCUT2D eigenvalue weighted by Crippen LogP contribution is 2.31. The minimum absolute atomic E-state index is 0.192. The Bertz CT molecular complexity index is 952. The molecule has 7 heteroatoms. The summed E-state index contributed by atoms with van der Waals surface area (Å²) in [5.41, 5.74) is 2.44. The number of halogens is 1. The van der Waals surface area contributed by atoms with Crippen molar-refractivity contribution in [2.75, 3.05) is 6.67 Å². The van der Waals surface area contributed by atoms with Gasteiger partial charge in [0.25, 0.3) is 0 Å². The van der Waals surface area contributed by atoms with Gasteiger partial charge in [-0.15, -0.1) is 11.3 Å². The maximum atomic E-state index is 12.6. The van der Waals surface area contributed by atoms with Crippen molar-refractivity contribution in [3.8, 4) is 16.6 Å². The third-order valence-corrected chi connectivity index (χ3v) is 4.76. The second-order valence-electron chi connectivity index (χ2n) is 5.01. The lowest BCUT2D eigenvalue weighted by Gasteiger charge is -2.02. The Morgan fingerprint density at radius 3 is 2.91 bits per heavy atom. The number of aromatic carboxylic acids is 1. The molecule has 0 aliphatic carbocycles. The van der Waals surface area contributed by atoms with Gasteiger partial charge in [-0.05, 0) is 25.1 Å². The molecule has 1 N–H and O–H groups in total. The minimum Gasteiger partial charge on any atom is -0.477 e. The monoisotopic (exact) mass is 329 g/mol. The number of hydrogen-bond acceptors (Lipinski definition) is 4. The molecule has 3 rings (SSSR count). The van der Waals surface area contributed by atoms with Crippen LogP contribution >= 0.6 is 11.3 Å². The Kier molecular flexibility index (Phi) is 3.84. The van der Waals surface area contributed by atoms with Crippen LogP contribution in [0.2, 0.25) is 0 Å². The van der Waals surface area contributed by atoms with Gasteiger partial charge in [0.05, 0.1) is 17.8 Å². The number of nitriles is 1. The first-order valence-electron chi connectivity index (χ1n) is 6.85. The van der Waals surface area contributed by atoms with Crippen LogP contribution in [0.15, 0.2) is 24.4 Å². The van der Waals surface area contributed by atoms with Crippen molar-refractivity contribution in [3.63, 3.8) is 0 Å². The van der Waals surface area contributed by atoms with Crippen LogP contribution < -0.4 is 0 Å². The van der Waals surface area contributed by atoms with E-state index in [2.05, 4.69) is 11.1 Å². The number of thiazole rings is 1. The second kappa shape index (κ2) is 5.82. The van der Waals surface area contributed by atoms with Gasteiger partial charge in [-0.25, -0.2) is 14.2 Å². The van der Waals surface area contributed by atoms with E-state index >= 15 is 0 Å². The maximum absolute atomic E-state index is 12.6. The summed E-state index contributed by atoms with van der Waals surface area (Å²) in [6, 6.07) is 7.52. The molecular formula is C16H12FN3O2S. The summed E-state index contributed by atoms with van der Waals surface area (Å²) in [4.78, 5) is 15.6. The van der Waals surface area contributed by atoms with Crippen LogP contribution in [0.1, 0.15) is 20.9 Å². The van der Waals surface area contributed by atoms with Crippen molar-refractivity contribution in [3.05, 3.63) is 40.5 Å². The topological polar surface area (TPSA) is 78.9 Å². The summed E-state index contributed by atoms with van der Waals surface area (Å²) in [6.45, 7) is 1.33. The van der Waals surface area contributed by atoms with Gasteiger partial charge in [0, 0.05) is 22.7 Å². The first kappa shape index (κ1) is 15.2. The molecule has 0 saturated heterocycles. The lowest BCUT2D eigenvalue weighted by atomic mass is 10.1. The molecule has 0 atom stereocenters. The molecule has 23 heavy (non-hydrogen) atoms. The van der Waals surface area contributed by atoms with Crippen LogP contribution in [-0.2, 0) is 6.54 Å². The molecule has 116 valence electrons. The molecule has 0 aliphatic heterocycles. The second-order valence-corrected chi connectivity index (χ2v) is 6.01. The lowest BCUT2D eigenvalue weighted by Crippen LogP contribution is -1.96. The smallest absolute Gasteiger partial charge is 0.347 e. The van der Waals surface area contributed by atoms with Gasteiger partial charge >= 0.3 is 5.97 Å². The van der Waals surface area contributed by atoms with E-state index in [9.17, 15) is 14.4 Å². The molecule has 0 saturated carbocycles. The molecule has 0 bridgehead atoms. The van der Waals surface area contributed by atoms with Gasteiger partial charge < -0.3 is 9.67 Å². The van der Waals surface area contributed by atoms with Crippen LogP contribution in [0.4, 0.5) is 4.39 Å². The first-order chi connectivity index (χ1) is 11.0. The van der Waals surface area contributed by atoms with Crippen molar-refractivity contribution in [1.82, 2.24) is 9.55 Å². The SMILES string of the molecule is Cc1nc(-c2ccc3c(c2)c(C#N)cn3CCF)sc1C(=O)O. The summed E-state index contributed by atoms with van der Waals surface area (Å²) in [5, 5.41) is 19.7.